The van der Waals surface area contributed by atoms with E-state index in [1.165, 1.54) is 4.90 Å². The number of carbonyl (C=O) groups excluding carboxylic acids is 2. The van der Waals surface area contributed by atoms with Gasteiger partial charge in [-0.25, -0.2) is 9.98 Å². The standard InChI is InChI=1S/C28H35N5O4/c1-4-36-23-10-9-18-12-19(23)16-33-24(34)13-20(31-27(33)29)8-6-5-7-17-11-21-22(32-25(18)35)14-28(2,3)37-26(21)30-15-17/h9-12,15,20,22H,4-8,13-14,16H2,1-3H3,(H2,29,31)(H,32,35). The third-order valence-electron chi connectivity index (χ3n) is 7.19. The molecule has 0 aliphatic carbocycles. The molecule has 3 N–H and O–H groups in total. The van der Waals surface area contributed by atoms with Crippen molar-refractivity contribution in [1.82, 2.24) is 15.2 Å². The molecule has 4 aliphatic heterocycles. The first-order chi connectivity index (χ1) is 17.7. The summed E-state index contributed by atoms with van der Waals surface area (Å²) in [6.45, 7) is 6.56. The van der Waals surface area contributed by atoms with E-state index in [0.717, 1.165) is 36.8 Å². The van der Waals surface area contributed by atoms with Gasteiger partial charge < -0.3 is 20.5 Å². The molecule has 5 heterocycles. The highest BCUT2D eigenvalue weighted by Crippen LogP contribution is 2.39. The second kappa shape index (κ2) is 10.0. The van der Waals surface area contributed by atoms with Gasteiger partial charge in [-0.05, 0) is 69.9 Å². The molecule has 37 heavy (non-hydrogen) atoms. The number of fused-ring (bicyclic) bond motifs is 5. The first kappa shape index (κ1) is 25.0. The zero-order chi connectivity index (χ0) is 26.2. The van der Waals surface area contributed by atoms with Crippen molar-refractivity contribution in [3.63, 3.8) is 0 Å². The Morgan fingerprint density at radius 2 is 2.08 bits per heavy atom. The Morgan fingerprint density at radius 1 is 1.24 bits per heavy atom. The van der Waals surface area contributed by atoms with Gasteiger partial charge in [0.25, 0.3) is 5.91 Å². The van der Waals surface area contributed by atoms with Gasteiger partial charge >= 0.3 is 0 Å². The van der Waals surface area contributed by atoms with Crippen LogP contribution in [0.15, 0.2) is 35.5 Å². The van der Waals surface area contributed by atoms with Crippen molar-refractivity contribution < 1.29 is 19.1 Å². The van der Waals surface area contributed by atoms with E-state index in [9.17, 15) is 9.59 Å². The number of hydrogen-bond acceptors (Lipinski definition) is 7. The van der Waals surface area contributed by atoms with Crippen LogP contribution < -0.4 is 20.5 Å². The maximum absolute atomic E-state index is 13.5. The fourth-order valence-electron chi connectivity index (χ4n) is 5.36. The summed E-state index contributed by atoms with van der Waals surface area (Å²) in [6, 6.07) is 7.04. The number of carbonyl (C=O) groups is 2. The van der Waals surface area contributed by atoms with Crippen molar-refractivity contribution in [2.24, 2.45) is 10.7 Å². The number of pyridine rings is 1. The molecule has 9 nitrogen and oxygen atoms in total. The molecule has 0 spiro atoms. The fraction of sp³-hybridized carbons (Fsp3) is 0.500. The molecule has 1 aromatic carbocycles. The Balaban J connectivity index is 1.54. The van der Waals surface area contributed by atoms with Crippen LogP contribution in [0.2, 0.25) is 0 Å². The molecule has 0 fully saturated rings. The largest absolute Gasteiger partial charge is 0.494 e. The van der Waals surface area contributed by atoms with Crippen LogP contribution in [0.5, 0.6) is 11.6 Å². The van der Waals surface area contributed by atoms with Crippen LogP contribution >= 0.6 is 0 Å². The van der Waals surface area contributed by atoms with Crippen molar-refractivity contribution in [2.45, 2.75) is 83.5 Å². The second-order valence-electron chi connectivity index (χ2n) is 10.7. The molecule has 196 valence electrons. The number of nitrogens with two attached hydrogens (primary N) is 1. The van der Waals surface area contributed by atoms with Crippen LogP contribution in [-0.4, -0.2) is 45.9 Å². The molecule has 6 rings (SSSR count). The topological polar surface area (TPSA) is 119 Å². The van der Waals surface area contributed by atoms with Crippen LogP contribution in [0, 0.1) is 0 Å². The highest BCUT2D eigenvalue weighted by molar-refractivity contribution is 5.98. The van der Waals surface area contributed by atoms with E-state index in [1.807, 2.05) is 27.0 Å². The van der Waals surface area contributed by atoms with E-state index in [2.05, 4.69) is 21.4 Å². The molecule has 2 unspecified atom stereocenters. The summed E-state index contributed by atoms with van der Waals surface area (Å²) >= 11 is 0. The van der Waals surface area contributed by atoms with Crippen LogP contribution in [0.25, 0.3) is 0 Å². The maximum atomic E-state index is 13.5. The van der Waals surface area contributed by atoms with Crippen molar-refractivity contribution in [2.75, 3.05) is 6.61 Å². The van der Waals surface area contributed by atoms with Crippen LogP contribution in [0.4, 0.5) is 0 Å². The number of nitrogens with one attached hydrogen (secondary N) is 1. The number of aryl methyl sites for hydroxylation is 1. The molecule has 4 aliphatic rings. The number of ether oxygens (including phenoxy) is 2. The summed E-state index contributed by atoms with van der Waals surface area (Å²) in [4.78, 5) is 37.2. The molecular weight excluding hydrogens is 470 g/mol. The number of rotatable bonds is 2. The first-order valence-corrected chi connectivity index (χ1v) is 13.1. The van der Waals surface area contributed by atoms with Crippen molar-refractivity contribution in [1.29, 1.82) is 0 Å². The number of amides is 2. The summed E-state index contributed by atoms with van der Waals surface area (Å²) in [5, 5.41) is 3.21. The molecule has 0 saturated heterocycles. The lowest BCUT2D eigenvalue weighted by Gasteiger charge is -2.37. The SMILES string of the molecule is CCOc1ccc2cc1CN1C(=O)CC(CCCCc3cnc4c(c3)C(CC(C)(C)O4)NC2=O)N=C1N. The lowest BCUT2D eigenvalue weighted by Crippen LogP contribution is -2.46. The molecule has 6 bridgehead atoms. The fourth-order valence-corrected chi connectivity index (χ4v) is 5.36. The zero-order valence-electron chi connectivity index (χ0n) is 21.8. The molecule has 9 heteroatoms. The Labute approximate surface area is 217 Å². The Kier molecular flexibility index (Phi) is 6.79. The van der Waals surface area contributed by atoms with E-state index >= 15 is 0 Å². The van der Waals surface area contributed by atoms with E-state index in [1.54, 1.807) is 18.2 Å². The molecule has 2 aromatic rings. The summed E-state index contributed by atoms with van der Waals surface area (Å²) < 4.78 is 12.0. The maximum Gasteiger partial charge on any atom is 0.251 e. The quantitative estimate of drug-likeness (QED) is 0.643. The highest BCUT2D eigenvalue weighted by atomic mass is 16.5. The Bertz CT molecular complexity index is 1240. The minimum absolute atomic E-state index is 0.0650. The van der Waals surface area contributed by atoms with Gasteiger partial charge in [0.2, 0.25) is 11.8 Å². The monoisotopic (exact) mass is 505 g/mol. The average molecular weight is 506 g/mol. The Hall–Kier alpha value is -3.62. The normalized spacial score (nSPS) is 23.3. The number of nitrogens with zero attached hydrogens (tertiary/aromatic N) is 3. The van der Waals surface area contributed by atoms with Crippen molar-refractivity contribution in [3.05, 3.63) is 52.7 Å². The third-order valence-corrected chi connectivity index (χ3v) is 7.19. The van der Waals surface area contributed by atoms with Gasteiger partial charge in [0.15, 0.2) is 5.96 Å². The minimum Gasteiger partial charge on any atom is -0.494 e. The highest BCUT2D eigenvalue weighted by Gasteiger charge is 2.36. The van der Waals surface area contributed by atoms with Crippen LogP contribution in [-0.2, 0) is 17.8 Å². The van der Waals surface area contributed by atoms with E-state index in [-0.39, 0.29) is 36.4 Å². The van der Waals surface area contributed by atoms with Gasteiger partial charge in [-0.3, -0.25) is 14.5 Å². The van der Waals surface area contributed by atoms with E-state index in [4.69, 9.17) is 15.2 Å². The number of aliphatic imine (C=N–C) groups is 1. The second-order valence-corrected chi connectivity index (χ2v) is 10.7. The van der Waals surface area contributed by atoms with E-state index in [0.29, 0.717) is 42.2 Å². The molecule has 0 saturated carbocycles. The molecular formula is C28H35N5O4. The molecule has 1 aromatic heterocycles. The van der Waals surface area contributed by atoms with Crippen LogP contribution in [0.3, 0.4) is 0 Å². The van der Waals surface area contributed by atoms with Gasteiger partial charge in [0.05, 0.1) is 25.2 Å². The van der Waals surface area contributed by atoms with Gasteiger partial charge in [0, 0.05) is 35.7 Å². The lowest BCUT2D eigenvalue weighted by atomic mass is 9.89. The van der Waals surface area contributed by atoms with Gasteiger partial charge in [-0.1, -0.05) is 6.42 Å². The number of benzene rings is 1. The average Bonchev–Trinajstić information content (AvgIpc) is 2.84. The number of guanidine groups is 1. The van der Waals surface area contributed by atoms with Crippen molar-refractivity contribution >= 4 is 17.8 Å². The third kappa shape index (κ3) is 5.40. The van der Waals surface area contributed by atoms with Gasteiger partial charge in [0.1, 0.15) is 11.4 Å². The summed E-state index contributed by atoms with van der Waals surface area (Å²) in [5.41, 5.74) is 8.98. The minimum atomic E-state index is -0.468. The van der Waals surface area contributed by atoms with E-state index < -0.39 is 5.60 Å². The summed E-state index contributed by atoms with van der Waals surface area (Å²) in [5.74, 6) is 1.12. The smallest absolute Gasteiger partial charge is 0.251 e. The van der Waals surface area contributed by atoms with Crippen molar-refractivity contribution in [3.8, 4) is 11.6 Å². The molecule has 2 amide bonds. The molecule has 2 atom stereocenters. The summed E-state index contributed by atoms with van der Waals surface area (Å²) in [7, 11) is 0. The lowest BCUT2D eigenvalue weighted by molar-refractivity contribution is -0.128. The van der Waals surface area contributed by atoms with Gasteiger partial charge in [-0.15, -0.1) is 0 Å². The number of aromatic nitrogens is 1. The predicted molar refractivity (Wildman–Crippen MR) is 140 cm³/mol. The first-order valence-electron chi connectivity index (χ1n) is 13.1. The Morgan fingerprint density at radius 3 is 2.86 bits per heavy atom. The zero-order valence-corrected chi connectivity index (χ0v) is 21.8. The van der Waals surface area contributed by atoms with Crippen LogP contribution in [0.1, 0.15) is 86.0 Å². The molecule has 0 radical (unpaired) electrons. The number of hydrogen-bond donors (Lipinski definition) is 2. The predicted octanol–water partition coefficient (Wildman–Crippen LogP) is 3.65. The van der Waals surface area contributed by atoms with Gasteiger partial charge in [-0.2, -0.15) is 0 Å². The summed E-state index contributed by atoms with van der Waals surface area (Å²) in [6.07, 6.45) is 6.31.